The van der Waals surface area contributed by atoms with Gasteiger partial charge in [-0.25, -0.2) is 9.59 Å². The number of nitrogens with two attached hydrogens (primary N) is 1. The third kappa shape index (κ3) is 3.44. The summed E-state index contributed by atoms with van der Waals surface area (Å²) in [6.45, 7) is 3.66. The van der Waals surface area contributed by atoms with Crippen molar-refractivity contribution in [3.63, 3.8) is 0 Å². The van der Waals surface area contributed by atoms with Crippen LogP contribution in [0.4, 0.5) is 4.79 Å². The molecule has 0 saturated carbocycles. The van der Waals surface area contributed by atoms with Crippen molar-refractivity contribution in [2.45, 2.75) is 32.7 Å². The minimum Gasteiger partial charge on any atom is -0.349 e. The molecule has 1 atom stereocenters. The van der Waals surface area contributed by atoms with E-state index in [9.17, 15) is 9.59 Å². The smallest absolute Gasteiger partial charge is 0.348 e. The Morgan fingerprint density at radius 3 is 2.60 bits per heavy atom. The van der Waals surface area contributed by atoms with Gasteiger partial charge in [-0.1, -0.05) is 37.3 Å². The van der Waals surface area contributed by atoms with Gasteiger partial charge in [0.1, 0.15) is 0 Å². The maximum Gasteiger partial charge on any atom is 0.348 e. The number of hydrogen-bond donors (Lipinski definition) is 1. The molecule has 3 rings (SSSR count). The number of hydrogen-bond acceptors (Lipinski definition) is 4. The van der Waals surface area contributed by atoms with Crippen LogP contribution in [-0.4, -0.2) is 17.1 Å². The topological polar surface area (TPSA) is 72.6 Å². The zero-order valence-corrected chi connectivity index (χ0v) is 15.0. The van der Waals surface area contributed by atoms with E-state index in [4.69, 9.17) is 10.6 Å². The van der Waals surface area contributed by atoms with Crippen LogP contribution in [0.2, 0.25) is 0 Å². The number of thiophene rings is 1. The Labute approximate surface area is 149 Å². The number of rotatable bonds is 4. The van der Waals surface area contributed by atoms with Gasteiger partial charge < -0.3 is 10.6 Å². The molecule has 1 unspecified atom stereocenters. The van der Waals surface area contributed by atoms with Crippen molar-refractivity contribution in [1.82, 2.24) is 5.06 Å². The average molecular weight is 356 g/mol. The van der Waals surface area contributed by atoms with Gasteiger partial charge in [0.05, 0.1) is 6.04 Å². The summed E-state index contributed by atoms with van der Waals surface area (Å²) in [6, 6.07) is 13.0. The zero-order chi connectivity index (χ0) is 18.0. The highest BCUT2D eigenvalue weighted by atomic mass is 32.1. The van der Waals surface area contributed by atoms with E-state index >= 15 is 0 Å². The van der Waals surface area contributed by atoms with Crippen molar-refractivity contribution >= 4 is 43.5 Å². The van der Waals surface area contributed by atoms with E-state index in [1.165, 1.54) is 15.5 Å². The van der Waals surface area contributed by atoms with Crippen LogP contribution in [0.3, 0.4) is 0 Å². The summed E-state index contributed by atoms with van der Waals surface area (Å²) in [5, 5.41) is 3.33. The van der Waals surface area contributed by atoms with Crippen molar-refractivity contribution in [1.29, 1.82) is 0 Å². The summed E-state index contributed by atoms with van der Waals surface area (Å²) in [6.07, 6.45) is 0.888. The number of amides is 2. The van der Waals surface area contributed by atoms with Crippen molar-refractivity contribution in [2.75, 3.05) is 0 Å². The highest BCUT2D eigenvalue weighted by Gasteiger charge is 2.24. The summed E-state index contributed by atoms with van der Waals surface area (Å²) >= 11 is 1.69. The van der Waals surface area contributed by atoms with E-state index < -0.39 is 18.0 Å². The van der Waals surface area contributed by atoms with Gasteiger partial charge in [-0.2, -0.15) is 0 Å². The highest BCUT2D eigenvalue weighted by Crippen LogP contribution is 2.35. The predicted octanol–water partition coefficient (Wildman–Crippen LogP) is 4.75. The monoisotopic (exact) mass is 356 g/mol. The van der Waals surface area contributed by atoms with Gasteiger partial charge in [-0.3, -0.25) is 0 Å². The van der Waals surface area contributed by atoms with Crippen molar-refractivity contribution in [2.24, 2.45) is 5.73 Å². The van der Waals surface area contributed by atoms with E-state index in [1.54, 1.807) is 18.3 Å². The van der Waals surface area contributed by atoms with Crippen molar-refractivity contribution in [3.05, 3.63) is 48.0 Å². The normalized spacial score (nSPS) is 12.2. The molecule has 6 heteroatoms. The molecule has 1 aromatic heterocycles. The number of carbonyl (C=O) groups is 2. The minimum atomic E-state index is -0.784. The number of benzene rings is 2. The van der Waals surface area contributed by atoms with E-state index in [-0.39, 0.29) is 6.42 Å². The Morgan fingerprint density at radius 2 is 1.88 bits per heavy atom. The predicted molar refractivity (Wildman–Crippen MR) is 100 cm³/mol. The lowest BCUT2D eigenvalue weighted by Crippen LogP contribution is -2.39. The lowest BCUT2D eigenvalue weighted by molar-refractivity contribution is -0.183. The minimum absolute atomic E-state index is 0.242. The summed E-state index contributed by atoms with van der Waals surface area (Å²) in [5.41, 5.74) is 6.27. The molecule has 0 saturated heterocycles. The van der Waals surface area contributed by atoms with Gasteiger partial charge in [0.15, 0.2) is 0 Å². The number of nitrogens with zero attached hydrogens (tertiary/aromatic N) is 1. The average Bonchev–Trinajstić information content (AvgIpc) is 2.96. The Kier molecular flexibility index (Phi) is 4.90. The van der Waals surface area contributed by atoms with Gasteiger partial charge in [-0.05, 0) is 31.0 Å². The maximum absolute atomic E-state index is 11.8. The molecule has 2 amide bonds. The van der Waals surface area contributed by atoms with E-state index in [2.05, 4.69) is 12.1 Å². The zero-order valence-electron chi connectivity index (χ0n) is 14.2. The molecule has 2 aromatic carbocycles. The first-order chi connectivity index (χ1) is 12.0. The van der Waals surface area contributed by atoms with Crippen molar-refractivity contribution in [3.8, 4) is 0 Å². The molecule has 1 heterocycles. The number of urea groups is 1. The second-order valence-electron chi connectivity index (χ2n) is 5.91. The lowest BCUT2D eigenvalue weighted by atomic mass is 10.1. The standard InChI is InChI=1S/C19H20N2O3S/c1-3-6-18(22)24-21(19(20)23)12(2)13-9-10-15-14-7-4-5-8-16(14)25-17(15)11-13/h4-5,7-12H,3,6H2,1-2H3,(H2,20,23). The van der Waals surface area contributed by atoms with Crippen LogP contribution in [0, 0.1) is 0 Å². The second kappa shape index (κ2) is 7.11. The SMILES string of the molecule is CCCC(=O)ON(C(N)=O)C(C)c1ccc2c(c1)sc1ccccc12. The Balaban J connectivity index is 1.94. The molecular weight excluding hydrogens is 336 g/mol. The summed E-state index contributed by atoms with van der Waals surface area (Å²) in [7, 11) is 0. The van der Waals surface area contributed by atoms with Crippen LogP contribution in [-0.2, 0) is 9.63 Å². The molecule has 0 aliphatic heterocycles. The first-order valence-corrected chi connectivity index (χ1v) is 9.03. The quantitative estimate of drug-likeness (QED) is 0.685. The molecule has 3 aromatic rings. The van der Waals surface area contributed by atoms with Gasteiger partial charge in [0, 0.05) is 26.6 Å². The fourth-order valence-electron chi connectivity index (χ4n) is 2.81. The number of primary amides is 1. The van der Waals surface area contributed by atoms with E-state index in [1.807, 2.05) is 37.3 Å². The van der Waals surface area contributed by atoms with Gasteiger partial charge in [0.2, 0.25) is 0 Å². The van der Waals surface area contributed by atoms with E-state index in [0.29, 0.717) is 6.42 Å². The summed E-state index contributed by atoms with van der Waals surface area (Å²) in [5.74, 6) is -0.462. The van der Waals surface area contributed by atoms with Crippen molar-refractivity contribution < 1.29 is 14.4 Å². The molecule has 0 aliphatic carbocycles. The Hall–Kier alpha value is -2.60. The molecule has 0 fully saturated rings. The molecule has 0 radical (unpaired) electrons. The molecule has 0 bridgehead atoms. The van der Waals surface area contributed by atoms with Gasteiger partial charge in [0.25, 0.3) is 0 Å². The van der Waals surface area contributed by atoms with E-state index in [0.717, 1.165) is 15.3 Å². The molecule has 0 aliphatic rings. The van der Waals surface area contributed by atoms with Crippen LogP contribution in [0.15, 0.2) is 42.5 Å². The largest absolute Gasteiger partial charge is 0.349 e. The van der Waals surface area contributed by atoms with Crippen LogP contribution in [0.1, 0.15) is 38.3 Å². The fraction of sp³-hybridized carbons (Fsp3) is 0.263. The molecule has 5 nitrogen and oxygen atoms in total. The molecule has 0 spiro atoms. The van der Waals surface area contributed by atoms with Gasteiger partial charge >= 0.3 is 12.0 Å². The summed E-state index contributed by atoms with van der Waals surface area (Å²) in [4.78, 5) is 28.6. The first kappa shape index (κ1) is 17.2. The molecule has 2 N–H and O–H groups in total. The van der Waals surface area contributed by atoms with Crippen LogP contribution in [0.5, 0.6) is 0 Å². The number of hydroxylamine groups is 2. The molecule has 130 valence electrons. The third-order valence-electron chi connectivity index (χ3n) is 4.11. The van der Waals surface area contributed by atoms with Gasteiger partial charge in [-0.15, -0.1) is 16.4 Å². The fourth-order valence-corrected chi connectivity index (χ4v) is 3.97. The highest BCUT2D eigenvalue weighted by molar-refractivity contribution is 7.25. The second-order valence-corrected chi connectivity index (χ2v) is 6.99. The lowest BCUT2D eigenvalue weighted by Gasteiger charge is -2.25. The summed E-state index contributed by atoms with van der Waals surface area (Å²) < 4.78 is 2.33. The molecule has 25 heavy (non-hydrogen) atoms. The third-order valence-corrected chi connectivity index (χ3v) is 5.24. The number of fused-ring (bicyclic) bond motifs is 3. The van der Waals surface area contributed by atoms with Crippen LogP contribution < -0.4 is 5.73 Å². The Bertz CT molecular complexity index is 935. The van der Waals surface area contributed by atoms with Crippen LogP contribution in [0.25, 0.3) is 20.2 Å². The first-order valence-electron chi connectivity index (χ1n) is 8.22. The maximum atomic E-state index is 11.8. The van der Waals surface area contributed by atoms with Crippen LogP contribution >= 0.6 is 11.3 Å². The molecular formula is C19H20N2O3S. The Morgan fingerprint density at radius 1 is 1.16 bits per heavy atom. The number of carbonyl (C=O) groups excluding carboxylic acids is 2.